The molecular weight excluding hydrogens is 374 g/mol. The summed E-state index contributed by atoms with van der Waals surface area (Å²) in [5.74, 6) is 0.313. The quantitative estimate of drug-likeness (QED) is 0.576. The van der Waals surface area contributed by atoms with E-state index in [9.17, 15) is 4.79 Å². The first-order valence-corrected chi connectivity index (χ1v) is 9.85. The maximum absolute atomic E-state index is 12.4. The largest absolute Gasteiger partial charge is 0.370 e. The monoisotopic (exact) mass is 399 g/mol. The average Bonchev–Trinajstić information content (AvgIpc) is 2.73. The Labute approximate surface area is 171 Å². The number of benzene rings is 2. The molecule has 0 saturated carbocycles. The number of anilines is 1. The fraction of sp³-hybridized carbons (Fsp3) is 0.333. The van der Waals surface area contributed by atoms with E-state index in [4.69, 9.17) is 17.3 Å². The van der Waals surface area contributed by atoms with E-state index in [2.05, 4.69) is 27.3 Å². The molecule has 1 fully saturated rings. The summed E-state index contributed by atoms with van der Waals surface area (Å²) in [4.78, 5) is 20.7. The number of nitrogens with two attached hydrogens (primary N) is 1. The maximum Gasteiger partial charge on any atom is 0.244 e. The number of piperazine rings is 1. The van der Waals surface area contributed by atoms with Crippen molar-refractivity contribution in [2.45, 2.75) is 6.42 Å². The maximum atomic E-state index is 12.4. The summed E-state index contributed by atoms with van der Waals surface area (Å²) in [5, 5.41) is 3.79. The predicted molar refractivity (Wildman–Crippen MR) is 115 cm³/mol. The van der Waals surface area contributed by atoms with Crippen LogP contribution in [0, 0.1) is 0 Å². The Morgan fingerprint density at radius 1 is 1.04 bits per heavy atom. The van der Waals surface area contributed by atoms with Gasteiger partial charge in [-0.1, -0.05) is 41.9 Å². The van der Waals surface area contributed by atoms with Crippen LogP contribution in [-0.2, 0) is 11.2 Å². The van der Waals surface area contributed by atoms with E-state index in [1.807, 2.05) is 47.4 Å². The molecule has 6 nitrogen and oxygen atoms in total. The molecule has 0 radical (unpaired) electrons. The highest BCUT2D eigenvalue weighted by molar-refractivity contribution is 6.30. The Hall–Kier alpha value is -2.73. The van der Waals surface area contributed by atoms with Crippen molar-refractivity contribution >= 4 is 29.2 Å². The Morgan fingerprint density at radius 3 is 2.39 bits per heavy atom. The van der Waals surface area contributed by atoms with E-state index in [1.165, 1.54) is 5.56 Å². The number of nitrogens with zero attached hydrogens (tertiary/aromatic N) is 3. The van der Waals surface area contributed by atoms with E-state index in [0.29, 0.717) is 25.6 Å². The number of hydrogen-bond acceptors (Lipinski definition) is 3. The molecule has 0 spiro atoms. The van der Waals surface area contributed by atoms with Crippen molar-refractivity contribution in [2.75, 3.05) is 44.2 Å². The van der Waals surface area contributed by atoms with Crippen molar-refractivity contribution in [3.63, 3.8) is 0 Å². The lowest BCUT2D eigenvalue weighted by Gasteiger charge is -2.36. The Balaban J connectivity index is 1.38. The minimum absolute atomic E-state index is 0.00330. The van der Waals surface area contributed by atoms with Crippen LogP contribution in [0.2, 0.25) is 5.02 Å². The third-order valence-electron chi connectivity index (χ3n) is 4.77. The number of halogens is 1. The standard InChI is InChI=1S/C21H26ClN5O/c22-18-6-8-19(9-7-18)26-12-14-27(15-13-26)20(28)16-25-21(23)24-11-10-17-4-2-1-3-5-17/h1-9H,10-16H2,(H3,23,24,25). The number of carbonyl (C=O) groups excluding carboxylic acids is 1. The average molecular weight is 400 g/mol. The predicted octanol–water partition coefficient (Wildman–Crippen LogP) is 2.14. The molecule has 1 saturated heterocycles. The van der Waals surface area contributed by atoms with Crippen molar-refractivity contribution in [3.8, 4) is 0 Å². The van der Waals surface area contributed by atoms with Gasteiger partial charge in [0.05, 0.1) is 0 Å². The SMILES string of the molecule is NC(=NCC(=O)N1CCN(c2ccc(Cl)cc2)CC1)NCCc1ccccc1. The first-order chi connectivity index (χ1) is 13.6. The van der Waals surface area contributed by atoms with Crippen LogP contribution in [0.15, 0.2) is 59.6 Å². The van der Waals surface area contributed by atoms with Crippen LogP contribution in [0.25, 0.3) is 0 Å². The van der Waals surface area contributed by atoms with E-state index in [1.54, 1.807) is 0 Å². The number of rotatable bonds is 6. The van der Waals surface area contributed by atoms with Crippen molar-refractivity contribution in [1.29, 1.82) is 0 Å². The van der Waals surface area contributed by atoms with Gasteiger partial charge in [0.25, 0.3) is 0 Å². The van der Waals surface area contributed by atoms with Gasteiger partial charge < -0.3 is 20.9 Å². The number of aliphatic imine (C=N–C) groups is 1. The Kier molecular flexibility index (Phi) is 7.14. The number of carbonyl (C=O) groups is 1. The third-order valence-corrected chi connectivity index (χ3v) is 5.02. The van der Waals surface area contributed by atoms with Crippen LogP contribution in [0.4, 0.5) is 5.69 Å². The fourth-order valence-electron chi connectivity index (χ4n) is 3.15. The molecule has 28 heavy (non-hydrogen) atoms. The van der Waals surface area contributed by atoms with E-state index in [0.717, 1.165) is 30.2 Å². The molecular formula is C21H26ClN5O. The van der Waals surface area contributed by atoms with Gasteiger partial charge >= 0.3 is 0 Å². The highest BCUT2D eigenvalue weighted by atomic mass is 35.5. The van der Waals surface area contributed by atoms with Crippen molar-refractivity contribution in [2.24, 2.45) is 10.7 Å². The zero-order chi connectivity index (χ0) is 19.8. The molecule has 0 atom stereocenters. The van der Waals surface area contributed by atoms with Crippen LogP contribution in [0.1, 0.15) is 5.56 Å². The van der Waals surface area contributed by atoms with Gasteiger partial charge in [0.1, 0.15) is 6.54 Å². The van der Waals surface area contributed by atoms with Crippen LogP contribution in [-0.4, -0.2) is 56.0 Å². The number of guanidine groups is 1. The number of amides is 1. The van der Waals surface area contributed by atoms with Crippen LogP contribution >= 0.6 is 11.6 Å². The molecule has 0 unspecified atom stereocenters. The second-order valence-electron chi connectivity index (χ2n) is 6.71. The molecule has 7 heteroatoms. The third kappa shape index (κ3) is 5.89. The molecule has 1 aliphatic rings. The Bertz CT molecular complexity index is 786. The minimum atomic E-state index is 0.00330. The summed E-state index contributed by atoms with van der Waals surface area (Å²) in [6.07, 6.45) is 0.859. The fourth-order valence-corrected chi connectivity index (χ4v) is 3.28. The van der Waals surface area contributed by atoms with Gasteiger partial charge in [0, 0.05) is 43.4 Å². The van der Waals surface area contributed by atoms with Gasteiger partial charge in [-0.3, -0.25) is 4.79 Å². The van der Waals surface area contributed by atoms with E-state index in [-0.39, 0.29) is 12.5 Å². The molecule has 2 aromatic rings. The molecule has 3 rings (SSSR count). The smallest absolute Gasteiger partial charge is 0.244 e. The molecule has 0 aromatic heterocycles. The van der Waals surface area contributed by atoms with Gasteiger partial charge in [-0.15, -0.1) is 0 Å². The van der Waals surface area contributed by atoms with E-state index >= 15 is 0 Å². The van der Waals surface area contributed by atoms with Crippen molar-refractivity contribution in [3.05, 3.63) is 65.2 Å². The first kappa shape index (κ1) is 20.0. The zero-order valence-electron chi connectivity index (χ0n) is 15.9. The molecule has 2 aromatic carbocycles. The van der Waals surface area contributed by atoms with Gasteiger partial charge in [0.15, 0.2) is 5.96 Å². The molecule has 148 valence electrons. The van der Waals surface area contributed by atoms with Gasteiger partial charge in [-0.2, -0.15) is 0 Å². The van der Waals surface area contributed by atoms with Gasteiger partial charge in [0.2, 0.25) is 5.91 Å². The second kappa shape index (κ2) is 9.99. The molecule has 3 N–H and O–H groups in total. The molecule has 0 aliphatic carbocycles. The highest BCUT2D eigenvalue weighted by Crippen LogP contribution is 2.19. The van der Waals surface area contributed by atoms with Crippen molar-refractivity contribution in [1.82, 2.24) is 10.2 Å². The summed E-state index contributed by atoms with van der Waals surface area (Å²) in [6.45, 7) is 3.71. The normalized spacial score (nSPS) is 14.8. The summed E-state index contributed by atoms with van der Waals surface area (Å²) in [6, 6.07) is 17.9. The summed E-state index contributed by atoms with van der Waals surface area (Å²) >= 11 is 5.94. The van der Waals surface area contributed by atoms with Gasteiger partial charge in [-0.25, -0.2) is 4.99 Å². The number of nitrogens with one attached hydrogen (secondary N) is 1. The second-order valence-corrected chi connectivity index (χ2v) is 7.14. The molecule has 1 aliphatic heterocycles. The van der Waals surface area contributed by atoms with Crippen LogP contribution in [0.5, 0.6) is 0 Å². The van der Waals surface area contributed by atoms with Crippen molar-refractivity contribution < 1.29 is 4.79 Å². The van der Waals surface area contributed by atoms with E-state index < -0.39 is 0 Å². The lowest BCUT2D eigenvalue weighted by molar-refractivity contribution is -0.129. The van der Waals surface area contributed by atoms with Crippen LogP contribution in [0.3, 0.4) is 0 Å². The number of hydrogen-bond donors (Lipinski definition) is 2. The van der Waals surface area contributed by atoms with Crippen LogP contribution < -0.4 is 16.0 Å². The van der Waals surface area contributed by atoms with Gasteiger partial charge in [-0.05, 0) is 36.2 Å². The summed E-state index contributed by atoms with van der Waals surface area (Å²) in [5.41, 5.74) is 8.24. The zero-order valence-corrected chi connectivity index (χ0v) is 16.6. The highest BCUT2D eigenvalue weighted by Gasteiger charge is 2.20. The molecule has 0 bridgehead atoms. The Morgan fingerprint density at radius 2 is 1.71 bits per heavy atom. The first-order valence-electron chi connectivity index (χ1n) is 9.48. The summed E-state index contributed by atoms with van der Waals surface area (Å²) in [7, 11) is 0. The lowest BCUT2D eigenvalue weighted by atomic mass is 10.1. The summed E-state index contributed by atoms with van der Waals surface area (Å²) < 4.78 is 0. The molecule has 1 amide bonds. The topological polar surface area (TPSA) is 74.0 Å². The lowest BCUT2D eigenvalue weighted by Crippen LogP contribution is -2.49. The molecule has 1 heterocycles. The minimum Gasteiger partial charge on any atom is -0.370 e.